The highest BCUT2D eigenvalue weighted by atomic mass is 16.7. The van der Waals surface area contributed by atoms with Crippen LogP contribution in [0.25, 0.3) is 0 Å². The Bertz CT molecular complexity index is 1740. The van der Waals surface area contributed by atoms with Crippen molar-refractivity contribution in [2.24, 2.45) is 0 Å². The molecule has 0 rings (SSSR count). The molecular weight excluding hydrogens is 1100 g/mol. The largest absolute Gasteiger partial charge is 0.545 e. The van der Waals surface area contributed by atoms with E-state index < -0.39 is 24.3 Å². The number of carbonyl (C=O) groups excluding carboxylic acids is 3. The summed E-state index contributed by atoms with van der Waals surface area (Å²) < 4.78 is 22.8. The Balaban J connectivity index is 3.97. The molecule has 0 spiro atoms. The zero-order valence-electron chi connectivity index (χ0n) is 59.0. The van der Waals surface area contributed by atoms with Crippen LogP contribution in [-0.2, 0) is 33.3 Å². The van der Waals surface area contributed by atoms with Crippen LogP contribution in [0.3, 0.4) is 0 Å². The van der Waals surface area contributed by atoms with E-state index in [1.807, 2.05) is 21.1 Å². The smallest absolute Gasteiger partial charge is 0.306 e. The summed E-state index contributed by atoms with van der Waals surface area (Å²) in [6.07, 6.45) is 92.7. The number of hydrogen-bond acceptors (Lipinski definition) is 8. The molecule has 89 heavy (non-hydrogen) atoms. The number of nitrogens with zero attached hydrogens (tertiary/aromatic N) is 1. The molecule has 0 saturated heterocycles. The first-order chi connectivity index (χ1) is 43.6. The first-order valence-electron chi connectivity index (χ1n) is 37.7. The van der Waals surface area contributed by atoms with Crippen LogP contribution in [0.2, 0.25) is 0 Å². The zero-order chi connectivity index (χ0) is 64.7. The van der Waals surface area contributed by atoms with E-state index in [0.29, 0.717) is 17.4 Å². The Hall–Kier alpha value is -3.53. The van der Waals surface area contributed by atoms with Gasteiger partial charge >= 0.3 is 11.9 Å². The fourth-order valence-corrected chi connectivity index (χ4v) is 10.9. The van der Waals surface area contributed by atoms with Gasteiger partial charge in [-0.1, -0.05) is 330 Å². The summed E-state index contributed by atoms with van der Waals surface area (Å²) in [4.78, 5) is 37.5. The molecule has 0 bridgehead atoms. The summed E-state index contributed by atoms with van der Waals surface area (Å²) >= 11 is 0. The van der Waals surface area contributed by atoms with Gasteiger partial charge in [-0.15, -0.1) is 0 Å². The van der Waals surface area contributed by atoms with Gasteiger partial charge in [0, 0.05) is 12.8 Å². The summed E-state index contributed by atoms with van der Waals surface area (Å²) in [7, 11) is 5.94. The fourth-order valence-electron chi connectivity index (χ4n) is 10.9. The maximum atomic E-state index is 12.9. The van der Waals surface area contributed by atoms with E-state index in [0.717, 1.165) is 83.5 Å². The van der Waals surface area contributed by atoms with E-state index in [4.69, 9.17) is 18.9 Å². The van der Waals surface area contributed by atoms with Gasteiger partial charge in [0.25, 0.3) is 0 Å². The standard InChI is InChI=1S/C80H143NO8/c1-6-8-10-12-14-16-18-20-22-24-26-28-30-31-32-33-34-35-36-37-38-39-40-41-42-43-44-45-46-47-49-51-53-55-57-59-61-63-65-67-69-71-78(83)89-76(75-88-80(79(84)85)86-73-72-81(3,4)5)74-87-77(82)70-68-66-64-62-60-58-56-54-52-50-48-29-27-25-23-21-19-17-15-13-11-9-7-2/h8,10,14,16,19-22,25-28,48,50,76,80H,6-7,9,11-13,15,17-18,23-24,29-47,49,51-75H2,1-5H3/b10-8-,16-14-,21-19-,22-20-,27-25-,28-26-,50-48-. The fraction of sp³-hybridized carbons (Fsp3) is 0.787. The number of unbranched alkanes of at least 4 members (excludes halogenated alkanes) is 41. The molecule has 0 aromatic carbocycles. The van der Waals surface area contributed by atoms with Gasteiger partial charge in [-0.25, -0.2) is 0 Å². The van der Waals surface area contributed by atoms with E-state index in [-0.39, 0.29) is 38.6 Å². The molecule has 0 N–H and O–H groups in total. The maximum absolute atomic E-state index is 12.9. The molecular formula is C80H143NO8. The molecule has 9 heteroatoms. The lowest BCUT2D eigenvalue weighted by atomic mass is 10.0. The van der Waals surface area contributed by atoms with Gasteiger partial charge in [-0.2, -0.15) is 0 Å². The Kier molecular flexibility index (Phi) is 67.6. The molecule has 516 valence electrons. The number of esters is 2. The first kappa shape index (κ1) is 85.5. The predicted molar refractivity (Wildman–Crippen MR) is 380 cm³/mol. The number of hydrogen-bond donors (Lipinski definition) is 0. The van der Waals surface area contributed by atoms with E-state index in [1.54, 1.807) is 0 Å². The van der Waals surface area contributed by atoms with Crippen molar-refractivity contribution in [3.63, 3.8) is 0 Å². The van der Waals surface area contributed by atoms with Crippen LogP contribution < -0.4 is 5.11 Å². The van der Waals surface area contributed by atoms with Crippen molar-refractivity contribution in [3.8, 4) is 0 Å². The molecule has 0 aromatic rings. The van der Waals surface area contributed by atoms with Gasteiger partial charge < -0.3 is 33.3 Å². The van der Waals surface area contributed by atoms with Crippen LogP contribution in [0.15, 0.2) is 85.1 Å². The van der Waals surface area contributed by atoms with Crippen LogP contribution >= 0.6 is 0 Å². The number of allylic oxidation sites excluding steroid dienone is 14. The van der Waals surface area contributed by atoms with Crippen LogP contribution in [-0.4, -0.2) is 82.3 Å². The number of rotatable bonds is 70. The number of ether oxygens (including phenoxy) is 4. The van der Waals surface area contributed by atoms with E-state index in [9.17, 15) is 19.5 Å². The lowest BCUT2D eigenvalue weighted by Crippen LogP contribution is -2.44. The van der Waals surface area contributed by atoms with Crippen molar-refractivity contribution in [1.29, 1.82) is 0 Å². The zero-order valence-corrected chi connectivity index (χ0v) is 59.0. The number of carboxylic acid groups (broad SMARTS) is 1. The minimum absolute atomic E-state index is 0.146. The lowest BCUT2D eigenvalue weighted by Gasteiger charge is -2.26. The second-order valence-corrected chi connectivity index (χ2v) is 26.6. The topological polar surface area (TPSA) is 111 Å². The number of carbonyl (C=O) groups is 3. The van der Waals surface area contributed by atoms with Crippen molar-refractivity contribution < 1.29 is 42.9 Å². The monoisotopic (exact) mass is 1250 g/mol. The normalized spacial score (nSPS) is 13.1. The molecule has 0 radical (unpaired) electrons. The highest BCUT2D eigenvalue weighted by molar-refractivity contribution is 5.70. The Morgan fingerprint density at radius 3 is 0.955 bits per heavy atom. The summed E-state index contributed by atoms with van der Waals surface area (Å²) in [5.41, 5.74) is 0. The molecule has 0 aromatic heterocycles. The van der Waals surface area contributed by atoms with Crippen LogP contribution in [0, 0.1) is 0 Å². The summed E-state index contributed by atoms with van der Waals surface area (Å²) in [6, 6.07) is 0. The van der Waals surface area contributed by atoms with Crippen molar-refractivity contribution in [3.05, 3.63) is 85.1 Å². The SMILES string of the molecule is CC/C=C\C/C=C\C/C=C\C/C=C\CCCCCCCCCCCCCCCCCCCCCCCCCCCCCCC(=O)OC(COC(=O)CCCCCCCCCC/C=C\C/C=C\C/C=C\CCCCCCC)COC(OCC[N+](C)(C)C)C(=O)[O-]. The lowest BCUT2D eigenvalue weighted by molar-refractivity contribution is -0.870. The molecule has 0 aliphatic heterocycles. The van der Waals surface area contributed by atoms with E-state index in [1.165, 1.54) is 231 Å². The number of carboxylic acids is 1. The third kappa shape index (κ3) is 71.8. The van der Waals surface area contributed by atoms with E-state index in [2.05, 4.69) is 98.9 Å². The van der Waals surface area contributed by atoms with Gasteiger partial charge in [-0.05, 0) is 89.9 Å². The molecule has 2 atom stereocenters. The number of aliphatic carboxylic acids is 1. The molecule has 0 aliphatic rings. The number of quaternary nitrogens is 1. The molecule has 0 fully saturated rings. The second kappa shape index (κ2) is 70.3. The molecule has 0 amide bonds. The molecule has 2 unspecified atom stereocenters. The average molecular weight is 1250 g/mol. The third-order valence-corrected chi connectivity index (χ3v) is 16.6. The minimum Gasteiger partial charge on any atom is -0.545 e. The first-order valence-corrected chi connectivity index (χ1v) is 37.7. The Morgan fingerprint density at radius 2 is 0.640 bits per heavy atom. The van der Waals surface area contributed by atoms with E-state index >= 15 is 0 Å². The molecule has 9 nitrogen and oxygen atoms in total. The van der Waals surface area contributed by atoms with Gasteiger partial charge in [0.2, 0.25) is 0 Å². The van der Waals surface area contributed by atoms with Gasteiger partial charge in [0.15, 0.2) is 12.4 Å². The quantitative estimate of drug-likeness (QED) is 0.0195. The number of likely N-dealkylation sites (N-methyl/N-ethyl adjacent to an activating group) is 1. The van der Waals surface area contributed by atoms with Gasteiger partial charge in [0.05, 0.1) is 40.3 Å². The highest BCUT2D eigenvalue weighted by Gasteiger charge is 2.22. The Labute approximate surface area is 550 Å². The third-order valence-electron chi connectivity index (χ3n) is 16.6. The molecule has 0 aliphatic carbocycles. The van der Waals surface area contributed by atoms with Crippen molar-refractivity contribution >= 4 is 17.9 Å². The predicted octanol–water partition coefficient (Wildman–Crippen LogP) is 22.5. The maximum Gasteiger partial charge on any atom is 0.306 e. The van der Waals surface area contributed by atoms with Crippen molar-refractivity contribution in [2.75, 3.05) is 47.5 Å². The minimum atomic E-state index is -1.63. The average Bonchev–Trinajstić information content (AvgIpc) is 3.64. The highest BCUT2D eigenvalue weighted by Crippen LogP contribution is 2.19. The van der Waals surface area contributed by atoms with Crippen LogP contribution in [0.1, 0.15) is 348 Å². The van der Waals surface area contributed by atoms with Crippen molar-refractivity contribution in [2.45, 2.75) is 360 Å². The van der Waals surface area contributed by atoms with Crippen LogP contribution in [0.4, 0.5) is 0 Å². The summed E-state index contributed by atoms with van der Waals surface area (Å²) in [5.74, 6) is -2.27. The molecule has 0 heterocycles. The Morgan fingerprint density at radius 1 is 0.348 bits per heavy atom. The summed E-state index contributed by atoms with van der Waals surface area (Å²) in [6.45, 7) is 4.66. The van der Waals surface area contributed by atoms with Crippen molar-refractivity contribution in [1.82, 2.24) is 0 Å². The van der Waals surface area contributed by atoms with Crippen LogP contribution in [0.5, 0.6) is 0 Å². The second-order valence-electron chi connectivity index (χ2n) is 26.6. The molecule has 0 saturated carbocycles. The van der Waals surface area contributed by atoms with Gasteiger partial charge in [0.1, 0.15) is 13.2 Å². The van der Waals surface area contributed by atoms with Gasteiger partial charge in [-0.3, -0.25) is 9.59 Å². The summed E-state index contributed by atoms with van der Waals surface area (Å²) in [5, 5.41) is 11.8.